The summed E-state index contributed by atoms with van der Waals surface area (Å²) in [5.41, 5.74) is 6.97. The highest BCUT2D eigenvalue weighted by atomic mass is 35.5. The molecule has 0 fully saturated rings. The Balaban J connectivity index is 2.01. The van der Waals surface area contributed by atoms with Crippen LogP contribution < -0.4 is 15.2 Å². The van der Waals surface area contributed by atoms with E-state index in [2.05, 4.69) is 0 Å². The minimum absolute atomic E-state index is 0.168. The number of aliphatic carboxylic acids is 1. The molecule has 5 nitrogen and oxygen atoms in total. The maximum atomic E-state index is 10.5. The van der Waals surface area contributed by atoms with Crippen molar-refractivity contribution in [3.05, 3.63) is 22.7 Å². The third-order valence-electron chi connectivity index (χ3n) is 3.42. The number of benzene rings is 1. The van der Waals surface area contributed by atoms with Crippen LogP contribution in [0.1, 0.15) is 43.7 Å². The smallest absolute Gasteiger partial charge is 0.303 e. The van der Waals surface area contributed by atoms with E-state index in [-0.39, 0.29) is 12.5 Å². The molecular formula is C15H20ClNO4. The number of carboxylic acids is 1. The van der Waals surface area contributed by atoms with Gasteiger partial charge in [0, 0.05) is 30.0 Å². The van der Waals surface area contributed by atoms with E-state index in [0.717, 1.165) is 18.4 Å². The van der Waals surface area contributed by atoms with Gasteiger partial charge in [0.15, 0.2) is 11.5 Å². The lowest BCUT2D eigenvalue weighted by Crippen LogP contribution is -2.11. The topological polar surface area (TPSA) is 81.8 Å². The van der Waals surface area contributed by atoms with Gasteiger partial charge in [0.1, 0.15) is 0 Å². The predicted molar refractivity (Wildman–Crippen MR) is 80.1 cm³/mol. The molecule has 1 aliphatic heterocycles. The van der Waals surface area contributed by atoms with Gasteiger partial charge in [0.05, 0.1) is 13.2 Å². The lowest BCUT2D eigenvalue weighted by molar-refractivity contribution is -0.137. The number of carboxylic acid groups (broad SMARTS) is 1. The molecule has 0 bridgehead atoms. The molecule has 0 amide bonds. The number of ether oxygens (including phenoxy) is 2. The van der Waals surface area contributed by atoms with Crippen LogP contribution in [-0.2, 0) is 4.79 Å². The normalized spacial score (nSPS) is 15.3. The summed E-state index contributed by atoms with van der Waals surface area (Å²) in [6.45, 7) is 1.23. The van der Waals surface area contributed by atoms with Gasteiger partial charge in [0.2, 0.25) is 0 Å². The van der Waals surface area contributed by atoms with Gasteiger partial charge in [0.25, 0.3) is 0 Å². The lowest BCUT2D eigenvalue weighted by Gasteiger charge is -2.16. The maximum absolute atomic E-state index is 10.5. The summed E-state index contributed by atoms with van der Waals surface area (Å²) in [6.07, 6.45) is 3.06. The fraction of sp³-hybridized carbons (Fsp3) is 0.533. The molecule has 1 heterocycles. The highest BCUT2D eigenvalue weighted by molar-refractivity contribution is 6.31. The van der Waals surface area contributed by atoms with E-state index >= 15 is 0 Å². The molecule has 1 aromatic rings. The minimum atomic E-state index is -0.780. The Labute approximate surface area is 129 Å². The molecule has 0 aliphatic carbocycles. The molecule has 1 unspecified atom stereocenters. The van der Waals surface area contributed by atoms with Crippen LogP contribution in [0, 0.1) is 0 Å². The van der Waals surface area contributed by atoms with Crippen molar-refractivity contribution in [2.24, 2.45) is 5.73 Å². The molecule has 0 radical (unpaired) electrons. The Kier molecular flexibility index (Phi) is 5.70. The van der Waals surface area contributed by atoms with Crippen LogP contribution in [0.5, 0.6) is 11.5 Å². The highest BCUT2D eigenvalue weighted by Crippen LogP contribution is 2.37. The van der Waals surface area contributed by atoms with Crippen LogP contribution in [-0.4, -0.2) is 24.3 Å². The third-order valence-corrected chi connectivity index (χ3v) is 3.75. The number of fused-ring (bicyclic) bond motifs is 1. The number of unbranched alkanes of at least 4 members (excludes halogenated alkanes) is 1. The van der Waals surface area contributed by atoms with Gasteiger partial charge in [-0.15, -0.1) is 0 Å². The first-order chi connectivity index (χ1) is 10.1. The molecule has 116 valence electrons. The first kappa shape index (κ1) is 15.9. The number of hydrogen-bond donors (Lipinski definition) is 2. The lowest BCUT2D eigenvalue weighted by atomic mass is 10.0. The summed E-state index contributed by atoms with van der Waals surface area (Å²) in [7, 11) is 0. The summed E-state index contributed by atoms with van der Waals surface area (Å²) >= 11 is 6.26. The molecule has 1 aliphatic rings. The molecule has 1 atom stereocenters. The van der Waals surface area contributed by atoms with Crippen LogP contribution in [0.3, 0.4) is 0 Å². The van der Waals surface area contributed by atoms with Gasteiger partial charge >= 0.3 is 5.97 Å². The Morgan fingerprint density at radius 1 is 1.29 bits per heavy atom. The number of nitrogens with two attached hydrogens (primary N) is 1. The van der Waals surface area contributed by atoms with E-state index in [0.29, 0.717) is 42.6 Å². The SMILES string of the molecule is NC(CCCCC(=O)O)c1cc2c(cc1Cl)OCCCO2. The average molecular weight is 314 g/mol. The second kappa shape index (κ2) is 7.52. The monoisotopic (exact) mass is 313 g/mol. The van der Waals surface area contributed by atoms with Gasteiger partial charge in [-0.1, -0.05) is 18.0 Å². The van der Waals surface area contributed by atoms with E-state index < -0.39 is 5.97 Å². The summed E-state index contributed by atoms with van der Waals surface area (Å²) in [5.74, 6) is 0.546. The van der Waals surface area contributed by atoms with Crippen LogP contribution in [0.2, 0.25) is 5.02 Å². The van der Waals surface area contributed by atoms with Crippen molar-refractivity contribution in [1.82, 2.24) is 0 Å². The number of rotatable bonds is 6. The van der Waals surface area contributed by atoms with Gasteiger partial charge in [-0.25, -0.2) is 0 Å². The van der Waals surface area contributed by atoms with Crippen LogP contribution >= 0.6 is 11.6 Å². The molecule has 0 aromatic heterocycles. The van der Waals surface area contributed by atoms with Crippen molar-refractivity contribution < 1.29 is 19.4 Å². The van der Waals surface area contributed by atoms with Crippen molar-refractivity contribution in [2.45, 2.75) is 38.1 Å². The largest absolute Gasteiger partial charge is 0.490 e. The van der Waals surface area contributed by atoms with Gasteiger partial charge in [-0.3, -0.25) is 4.79 Å². The summed E-state index contributed by atoms with van der Waals surface area (Å²) in [6, 6.07) is 3.35. The second-order valence-corrected chi connectivity index (χ2v) is 5.52. The summed E-state index contributed by atoms with van der Waals surface area (Å²) in [4.78, 5) is 10.5. The predicted octanol–water partition coefficient (Wildman–Crippen LogP) is 3.15. The molecule has 0 saturated heterocycles. The number of halogens is 1. The molecule has 0 spiro atoms. The van der Waals surface area contributed by atoms with E-state index in [9.17, 15) is 4.79 Å². The molecule has 6 heteroatoms. The Bertz CT molecular complexity index is 507. The van der Waals surface area contributed by atoms with Crippen LogP contribution in [0.15, 0.2) is 12.1 Å². The standard InChI is InChI=1S/C15H20ClNO4/c16-11-9-14-13(20-6-3-7-21-14)8-10(11)12(17)4-1-2-5-15(18)19/h8-9,12H,1-7,17H2,(H,18,19). The zero-order chi connectivity index (χ0) is 15.2. The zero-order valence-corrected chi connectivity index (χ0v) is 12.6. The molecule has 1 aromatic carbocycles. The fourth-order valence-electron chi connectivity index (χ4n) is 2.28. The van der Waals surface area contributed by atoms with E-state index in [1.54, 1.807) is 6.07 Å². The summed E-state index contributed by atoms with van der Waals surface area (Å²) < 4.78 is 11.2. The van der Waals surface area contributed by atoms with Gasteiger partial charge in [-0.05, 0) is 24.5 Å². The molecular weight excluding hydrogens is 294 g/mol. The first-order valence-corrected chi connectivity index (χ1v) is 7.52. The van der Waals surface area contributed by atoms with Crippen LogP contribution in [0.25, 0.3) is 0 Å². The number of carbonyl (C=O) groups is 1. The van der Waals surface area contributed by atoms with Gasteiger partial charge in [-0.2, -0.15) is 0 Å². The van der Waals surface area contributed by atoms with Crippen molar-refractivity contribution in [3.63, 3.8) is 0 Å². The summed E-state index contributed by atoms with van der Waals surface area (Å²) in [5, 5.41) is 9.18. The quantitative estimate of drug-likeness (QED) is 0.788. The second-order valence-electron chi connectivity index (χ2n) is 5.12. The van der Waals surface area contributed by atoms with E-state index in [4.69, 9.17) is 31.9 Å². The highest BCUT2D eigenvalue weighted by Gasteiger charge is 2.17. The molecule has 21 heavy (non-hydrogen) atoms. The van der Waals surface area contributed by atoms with Crippen molar-refractivity contribution in [3.8, 4) is 11.5 Å². The zero-order valence-electron chi connectivity index (χ0n) is 11.8. The fourth-order valence-corrected chi connectivity index (χ4v) is 2.57. The van der Waals surface area contributed by atoms with E-state index in [1.807, 2.05) is 6.07 Å². The van der Waals surface area contributed by atoms with Crippen molar-refractivity contribution >= 4 is 17.6 Å². The van der Waals surface area contributed by atoms with Crippen molar-refractivity contribution in [1.29, 1.82) is 0 Å². The average Bonchev–Trinajstić information content (AvgIpc) is 2.67. The number of hydrogen-bond acceptors (Lipinski definition) is 4. The van der Waals surface area contributed by atoms with E-state index in [1.165, 1.54) is 0 Å². The maximum Gasteiger partial charge on any atom is 0.303 e. The Hall–Kier alpha value is -1.46. The molecule has 0 saturated carbocycles. The molecule has 2 rings (SSSR count). The third kappa shape index (κ3) is 4.51. The Morgan fingerprint density at radius 2 is 1.95 bits per heavy atom. The van der Waals surface area contributed by atoms with Crippen molar-refractivity contribution in [2.75, 3.05) is 13.2 Å². The van der Waals surface area contributed by atoms with Crippen LogP contribution in [0.4, 0.5) is 0 Å². The molecule has 3 N–H and O–H groups in total. The van der Waals surface area contributed by atoms with Gasteiger partial charge < -0.3 is 20.3 Å². The minimum Gasteiger partial charge on any atom is -0.490 e. The first-order valence-electron chi connectivity index (χ1n) is 7.14. The Morgan fingerprint density at radius 3 is 2.62 bits per heavy atom.